The number of aryl methyl sites for hydroxylation is 1. The Kier molecular flexibility index (Phi) is 3.12. The summed E-state index contributed by atoms with van der Waals surface area (Å²) < 4.78 is 7.19. The summed E-state index contributed by atoms with van der Waals surface area (Å²) in [5.41, 5.74) is 0. The van der Waals surface area contributed by atoms with Gasteiger partial charge in [0, 0.05) is 20.1 Å². The lowest BCUT2D eigenvalue weighted by molar-refractivity contribution is -0.136. The maximum absolute atomic E-state index is 11.9. The Morgan fingerprint density at radius 2 is 2.19 bits per heavy atom. The number of carbonyl (C=O) groups is 1. The molecule has 1 atom stereocenters. The Hall–Kier alpha value is -1.52. The van der Waals surface area contributed by atoms with Crippen molar-refractivity contribution >= 4 is 5.91 Å². The molecule has 1 aromatic heterocycles. The zero-order valence-electron chi connectivity index (χ0n) is 9.72. The number of carbonyl (C=O) groups excluding carboxylic acids is 1. The third kappa shape index (κ3) is 2.35. The van der Waals surface area contributed by atoms with Gasteiger partial charge in [-0.15, -0.1) is 0 Å². The van der Waals surface area contributed by atoms with E-state index in [1.165, 1.54) is 0 Å². The van der Waals surface area contributed by atoms with Crippen LogP contribution in [0.4, 0.5) is 0 Å². The Morgan fingerprint density at radius 3 is 2.75 bits per heavy atom. The first-order valence-electron chi connectivity index (χ1n) is 5.61. The van der Waals surface area contributed by atoms with E-state index in [9.17, 15) is 4.79 Å². The van der Waals surface area contributed by atoms with Gasteiger partial charge in [-0.1, -0.05) is 0 Å². The van der Waals surface area contributed by atoms with Crippen LogP contribution in [0, 0.1) is 0 Å². The maximum atomic E-state index is 11.9. The van der Waals surface area contributed by atoms with Crippen molar-refractivity contribution in [2.45, 2.75) is 25.9 Å². The highest BCUT2D eigenvalue weighted by Crippen LogP contribution is 2.14. The van der Waals surface area contributed by atoms with Crippen molar-refractivity contribution < 1.29 is 9.53 Å². The number of amides is 1. The van der Waals surface area contributed by atoms with E-state index in [0.29, 0.717) is 5.75 Å². The number of likely N-dealkylation sites (tertiary alicyclic amines) is 1. The molecule has 1 fully saturated rings. The van der Waals surface area contributed by atoms with Crippen LogP contribution in [0.3, 0.4) is 0 Å². The van der Waals surface area contributed by atoms with E-state index >= 15 is 0 Å². The minimum absolute atomic E-state index is 0.0707. The molecule has 0 bridgehead atoms. The standard InChI is InChI=1S/C11H17N3O2/c1-9(11(15)14-5-3-4-6-14)16-10-7-12-13(2)8-10/h7-9H,3-6H2,1-2H3. The summed E-state index contributed by atoms with van der Waals surface area (Å²) >= 11 is 0. The number of nitrogens with zero attached hydrogens (tertiary/aromatic N) is 3. The zero-order chi connectivity index (χ0) is 11.5. The third-order valence-corrected chi connectivity index (χ3v) is 2.76. The topological polar surface area (TPSA) is 47.4 Å². The van der Waals surface area contributed by atoms with Crippen molar-refractivity contribution in [2.75, 3.05) is 13.1 Å². The molecule has 1 aliphatic heterocycles. The van der Waals surface area contributed by atoms with Crippen molar-refractivity contribution in [3.63, 3.8) is 0 Å². The lowest BCUT2D eigenvalue weighted by atomic mass is 10.3. The molecule has 5 heteroatoms. The predicted octanol–water partition coefficient (Wildman–Crippen LogP) is 0.810. The van der Waals surface area contributed by atoms with Crippen LogP contribution in [0.15, 0.2) is 12.4 Å². The van der Waals surface area contributed by atoms with Gasteiger partial charge < -0.3 is 9.64 Å². The van der Waals surface area contributed by atoms with Gasteiger partial charge in [-0.3, -0.25) is 9.48 Å². The molecule has 1 aliphatic rings. The molecule has 1 unspecified atom stereocenters. The molecule has 1 aromatic rings. The van der Waals surface area contributed by atoms with Gasteiger partial charge in [0.1, 0.15) is 0 Å². The van der Waals surface area contributed by atoms with E-state index < -0.39 is 6.10 Å². The van der Waals surface area contributed by atoms with Crippen LogP contribution < -0.4 is 4.74 Å². The fourth-order valence-electron chi connectivity index (χ4n) is 1.91. The van der Waals surface area contributed by atoms with Gasteiger partial charge >= 0.3 is 0 Å². The maximum Gasteiger partial charge on any atom is 0.263 e. The smallest absolute Gasteiger partial charge is 0.263 e. The largest absolute Gasteiger partial charge is 0.478 e. The molecule has 5 nitrogen and oxygen atoms in total. The molecule has 88 valence electrons. The first kappa shape index (κ1) is 11.0. The average molecular weight is 223 g/mol. The summed E-state index contributed by atoms with van der Waals surface area (Å²) in [5, 5.41) is 3.99. The fraction of sp³-hybridized carbons (Fsp3) is 0.636. The summed E-state index contributed by atoms with van der Waals surface area (Å²) in [6.07, 6.45) is 5.15. The van der Waals surface area contributed by atoms with Crippen molar-refractivity contribution in [1.29, 1.82) is 0 Å². The second-order valence-electron chi connectivity index (χ2n) is 4.14. The molecule has 0 aliphatic carbocycles. The van der Waals surface area contributed by atoms with E-state index in [-0.39, 0.29) is 5.91 Å². The SMILES string of the molecule is CC(Oc1cnn(C)c1)C(=O)N1CCCC1. The third-order valence-electron chi connectivity index (χ3n) is 2.76. The van der Waals surface area contributed by atoms with Crippen LogP contribution in [0.5, 0.6) is 5.75 Å². The van der Waals surface area contributed by atoms with Gasteiger partial charge in [0.25, 0.3) is 5.91 Å². The minimum Gasteiger partial charge on any atom is -0.478 e. The van der Waals surface area contributed by atoms with E-state index in [0.717, 1.165) is 25.9 Å². The summed E-state index contributed by atoms with van der Waals surface area (Å²) in [6.45, 7) is 3.51. The molecule has 2 rings (SSSR count). The second kappa shape index (κ2) is 4.55. The van der Waals surface area contributed by atoms with Gasteiger partial charge in [-0.25, -0.2) is 0 Å². The first-order chi connectivity index (χ1) is 7.66. The number of ether oxygens (including phenoxy) is 1. The highest BCUT2D eigenvalue weighted by molar-refractivity contribution is 5.81. The Morgan fingerprint density at radius 1 is 1.50 bits per heavy atom. The van der Waals surface area contributed by atoms with E-state index in [2.05, 4.69) is 5.10 Å². The average Bonchev–Trinajstić information content (AvgIpc) is 2.88. The lowest BCUT2D eigenvalue weighted by Gasteiger charge is -2.20. The van der Waals surface area contributed by atoms with E-state index in [1.807, 2.05) is 11.9 Å². The Labute approximate surface area is 95.0 Å². The van der Waals surface area contributed by atoms with E-state index in [1.54, 1.807) is 24.0 Å². The van der Waals surface area contributed by atoms with Crippen molar-refractivity contribution in [3.05, 3.63) is 12.4 Å². The summed E-state index contributed by atoms with van der Waals surface area (Å²) in [7, 11) is 1.82. The van der Waals surface area contributed by atoms with Crippen LogP contribution in [0.2, 0.25) is 0 Å². The highest BCUT2D eigenvalue weighted by Gasteiger charge is 2.24. The summed E-state index contributed by atoms with van der Waals surface area (Å²) in [5.74, 6) is 0.712. The molecule has 16 heavy (non-hydrogen) atoms. The Bertz CT molecular complexity index is 369. The molecule has 0 N–H and O–H groups in total. The van der Waals surface area contributed by atoms with Gasteiger partial charge in [-0.05, 0) is 19.8 Å². The Balaban J connectivity index is 1.91. The first-order valence-corrected chi connectivity index (χ1v) is 5.61. The quantitative estimate of drug-likeness (QED) is 0.762. The number of hydrogen-bond donors (Lipinski definition) is 0. The van der Waals surface area contributed by atoms with Crippen molar-refractivity contribution in [2.24, 2.45) is 7.05 Å². The fourth-order valence-corrected chi connectivity index (χ4v) is 1.91. The highest BCUT2D eigenvalue weighted by atomic mass is 16.5. The molecule has 1 amide bonds. The van der Waals surface area contributed by atoms with Gasteiger partial charge in [-0.2, -0.15) is 5.10 Å². The van der Waals surface area contributed by atoms with Crippen LogP contribution in [-0.4, -0.2) is 39.8 Å². The zero-order valence-corrected chi connectivity index (χ0v) is 9.72. The molecular formula is C11H17N3O2. The molecule has 1 saturated heterocycles. The predicted molar refractivity (Wildman–Crippen MR) is 59.1 cm³/mol. The van der Waals surface area contributed by atoms with Crippen LogP contribution in [0.1, 0.15) is 19.8 Å². The van der Waals surface area contributed by atoms with Crippen molar-refractivity contribution in [1.82, 2.24) is 14.7 Å². The molecule has 0 radical (unpaired) electrons. The lowest BCUT2D eigenvalue weighted by Crippen LogP contribution is -2.38. The van der Waals surface area contributed by atoms with Gasteiger partial charge in [0.2, 0.25) is 0 Å². The summed E-state index contributed by atoms with van der Waals surface area (Å²) in [4.78, 5) is 13.8. The van der Waals surface area contributed by atoms with Crippen LogP contribution in [0.25, 0.3) is 0 Å². The molecule has 0 spiro atoms. The van der Waals surface area contributed by atoms with Gasteiger partial charge in [0.05, 0.1) is 12.4 Å². The second-order valence-corrected chi connectivity index (χ2v) is 4.14. The number of hydrogen-bond acceptors (Lipinski definition) is 3. The normalized spacial score (nSPS) is 17.5. The van der Waals surface area contributed by atoms with Gasteiger partial charge in [0.15, 0.2) is 11.9 Å². The minimum atomic E-state index is -0.428. The molecule has 0 saturated carbocycles. The monoisotopic (exact) mass is 223 g/mol. The number of aromatic nitrogens is 2. The summed E-state index contributed by atoms with van der Waals surface area (Å²) in [6, 6.07) is 0. The van der Waals surface area contributed by atoms with Crippen LogP contribution in [-0.2, 0) is 11.8 Å². The van der Waals surface area contributed by atoms with Crippen LogP contribution >= 0.6 is 0 Å². The van der Waals surface area contributed by atoms with Crippen molar-refractivity contribution in [3.8, 4) is 5.75 Å². The molecule has 2 heterocycles. The van der Waals surface area contributed by atoms with E-state index in [4.69, 9.17) is 4.74 Å². The number of rotatable bonds is 3. The molecule has 0 aromatic carbocycles. The molecular weight excluding hydrogens is 206 g/mol.